The number of carbonyl (C=O) groups excluding carboxylic acids is 1. The number of nitrogens with zero attached hydrogens (tertiary/aromatic N) is 1. The maximum atomic E-state index is 12.2. The summed E-state index contributed by atoms with van der Waals surface area (Å²) in [6.45, 7) is 14.9. The second-order valence-electron chi connectivity index (χ2n) is 11.1. The minimum atomic E-state index is -0.446. The lowest BCUT2D eigenvalue weighted by molar-refractivity contribution is 0.100. The molecule has 1 unspecified atom stereocenters. The van der Waals surface area contributed by atoms with E-state index in [9.17, 15) is 9.90 Å². The second-order valence-corrected chi connectivity index (χ2v) is 11.1. The van der Waals surface area contributed by atoms with Crippen LogP contribution >= 0.6 is 0 Å². The van der Waals surface area contributed by atoms with E-state index in [0.29, 0.717) is 38.3 Å². The van der Waals surface area contributed by atoms with Crippen LogP contribution in [0.3, 0.4) is 0 Å². The van der Waals surface area contributed by atoms with Crippen molar-refractivity contribution in [3.63, 3.8) is 0 Å². The zero-order valence-corrected chi connectivity index (χ0v) is 23.3. The standard InChI is InChI=1S/C31H43N3O4/c1-6-8-23-9-10-27(28(20-23)38-21-31(3,4)5)37-16-12-33-22(2)17-24-18-25-11-14-34(13-7-15-35)29(25)26(19-24)30(32)36/h6,9-11,14,18-20,22,33,35H,1,7-8,12-13,15-17,21H2,2-5H3,(H2,32,36). The molecular weight excluding hydrogens is 478 g/mol. The van der Waals surface area contributed by atoms with Crippen molar-refractivity contribution in [2.45, 2.75) is 59.5 Å². The summed E-state index contributed by atoms with van der Waals surface area (Å²) in [7, 11) is 0. The van der Waals surface area contributed by atoms with Gasteiger partial charge in [-0.15, -0.1) is 6.58 Å². The van der Waals surface area contributed by atoms with Crippen LogP contribution in [0.2, 0.25) is 0 Å². The number of hydrogen-bond donors (Lipinski definition) is 3. The maximum Gasteiger partial charge on any atom is 0.250 e. The smallest absolute Gasteiger partial charge is 0.250 e. The fraction of sp³-hybridized carbons (Fsp3) is 0.452. The fourth-order valence-corrected chi connectivity index (χ4v) is 4.41. The first-order chi connectivity index (χ1) is 18.1. The number of benzene rings is 2. The molecular formula is C31H43N3O4. The van der Waals surface area contributed by atoms with Crippen LogP contribution in [0.15, 0.2) is 55.3 Å². The van der Waals surface area contributed by atoms with Crippen molar-refractivity contribution in [1.29, 1.82) is 0 Å². The Hall–Kier alpha value is -3.29. The van der Waals surface area contributed by atoms with E-state index in [-0.39, 0.29) is 18.1 Å². The van der Waals surface area contributed by atoms with Crippen LogP contribution in [0.25, 0.3) is 10.9 Å². The highest BCUT2D eigenvalue weighted by Crippen LogP contribution is 2.30. The number of fused-ring (bicyclic) bond motifs is 1. The van der Waals surface area contributed by atoms with Crippen molar-refractivity contribution >= 4 is 16.8 Å². The SMILES string of the molecule is C=CCc1ccc(OCCNC(C)Cc2cc(C(N)=O)c3c(ccn3CCCO)c2)c(OCC(C)(C)C)c1. The van der Waals surface area contributed by atoms with Gasteiger partial charge in [-0.05, 0) is 73.1 Å². The van der Waals surface area contributed by atoms with Gasteiger partial charge in [-0.1, -0.05) is 32.9 Å². The molecule has 3 rings (SSSR count). The molecule has 0 aliphatic carbocycles. The normalized spacial score (nSPS) is 12.4. The molecule has 0 spiro atoms. The van der Waals surface area contributed by atoms with Gasteiger partial charge in [-0.3, -0.25) is 4.79 Å². The van der Waals surface area contributed by atoms with E-state index in [1.807, 2.05) is 47.2 Å². The Balaban J connectivity index is 1.60. The van der Waals surface area contributed by atoms with E-state index < -0.39 is 5.91 Å². The number of aromatic nitrogens is 1. The first-order valence-corrected chi connectivity index (χ1v) is 13.4. The van der Waals surface area contributed by atoms with E-state index in [0.717, 1.165) is 46.4 Å². The number of aryl methyl sites for hydroxylation is 1. The third-order valence-electron chi connectivity index (χ3n) is 6.19. The van der Waals surface area contributed by atoms with Crippen molar-refractivity contribution in [1.82, 2.24) is 9.88 Å². The van der Waals surface area contributed by atoms with Crippen LogP contribution in [0.5, 0.6) is 11.5 Å². The van der Waals surface area contributed by atoms with E-state index in [2.05, 4.69) is 45.7 Å². The number of hydrogen-bond acceptors (Lipinski definition) is 5. The highest BCUT2D eigenvalue weighted by molar-refractivity contribution is 6.05. The van der Waals surface area contributed by atoms with Crippen molar-refractivity contribution in [2.24, 2.45) is 11.1 Å². The van der Waals surface area contributed by atoms with Crippen LogP contribution in [-0.4, -0.2) is 48.0 Å². The summed E-state index contributed by atoms with van der Waals surface area (Å²) < 4.78 is 14.2. The van der Waals surface area contributed by atoms with Gasteiger partial charge in [-0.25, -0.2) is 0 Å². The van der Waals surface area contributed by atoms with Gasteiger partial charge in [0.25, 0.3) is 5.91 Å². The average molecular weight is 522 g/mol. The summed E-state index contributed by atoms with van der Waals surface area (Å²) in [4.78, 5) is 12.2. The van der Waals surface area contributed by atoms with Gasteiger partial charge in [0.05, 0.1) is 17.7 Å². The summed E-state index contributed by atoms with van der Waals surface area (Å²) in [5.74, 6) is 1.04. The lowest BCUT2D eigenvalue weighted by Gasteiger charge is -2.21. The Kier molecular flexibility index (Phi) is 10.4. The lowest BCUT2D eigenvalue weighted by Crippen LogP contribution is -2.32. The monoisotopic (exact) mass is 521 g/mol. The zero-order chi connectivity index (χ0) is 27.7. The first-order valence-electron chi connectivity index (χ1n) is 13.4. The summed E-state index contributed by atoms with van der Waals surface area (Å²) >= 11 is 0. The van der Waals surface area contributed by atoms with Crippen molar-refractivity contribution in [2.75, 3.05) is 26.4 Å². The summed E-state index contributed by atoms with van der Waals surface area (Å²) in [5, 5.41) is 13.7. The number of aliphatic hydroxyl groups is 1. The molecule has 4 N–H and O–H groups in total. The molecule has 2 aromatic carbocycles. The number of amides is 1. The van der Waals surface area contributed by atoms with E-state index >= 15 is 0 Å². The zero-order valence-electron chi connectivity index (χ0n) is 23.3. The van der Waals surface area contributed by atoms with Gasteiger partial charge in [0.1, 0.15) is 6.61 Å². The molecule has 0 fully saturated rings. The molecule has 0 radical (unpaired) electrons. The average Bonchev–Trinajstić information content (AvgIpc) is 3.26. The largest absolute Gasteiger partial charge is 0.489 e. The molecule has 0 bridgehead atoms. The number of allylic oxidation sites excluding steroid dienone is 1. The number of rotatable bonds is 15. The Morgan fingerprint density at radius 3 is 2.63 bits per heavy atom. The molecule has 3 aromatic rings. The minimum absolute atomic E-state index is 0.0438. The Morgan fingerprint density at radius 1 is 1.16 bits per heavy atom. The van der Waals surface area contributed by atoms with Crippen LogP contribution in [0, 0.1) is 5.41 Å². The molecule has 0 aliphatic rings. The number of nitrogens with two attached hydrogens (primary N) is 1. The van der Waals surface area contributed by atoms with Gasteiger partial charge >= 0.3 is 0 Å². The van der Waals surface area contributed by atoms with Crippen LogP contribution in [0.1, 0.15) is 55.6 Å². The van der Waals surface area contributed by atoms with Crippen LogP contribution < -0.4 is 20.5 Å². The van der Waals surface area contributed by atoms with Crippen molar-refractivity contribution in [3.05, 3.63) is 71.9 Å². The molecule has 38 heavy (non-hydrogen) atoms. The topological polar surface area (TPSA) is 98.7 Å². The predicted octanol–water partition coefficient (Wildman–Crippen LogP) is 4.88. The molecule has 1 amide bonds. The van der Waals surface area contributed by atoms with Gasteiger partial charge in [0.2, 0.25) is 0 Å². The van der Waals surface area contributed by atoms with Gasteiger partial charge in [-0.2, -0.15) is 0 Å². The Labute approximate surface area is 226 Å². The maximum absolute atomic E-state index is 12.2. The molecule has 0 saturated heterocycles. The molecule has 1 aromatic heterocycles. The minimum Gasteiger partial charge on any atom is -0.489 e. The number of primary amides is 1. The van der Waals surface area contributed by atoms with Crippen LogP contribution in [-0.2, 0) is 19.4 Å². The number of ether oxygens (including phenoxy) is 2. The first kappa shape index (κ1) is 29.3. The summed E-state index contributed by atoms with van der Waals surface area (Å²) in [5.41, 5.74) is 9.29. The second kappa shape index (κ2) is 13.5. The van der Waals surface area contributed by atoms with E-state index in [1.165, 1.54) is 0 Å². The Morgan fingerprint density at radius 2 is 1.95 bits per heavy atom. The van der Waals surface area contributed by atoms with Gasteiger partial charge < -0.3 is 30.2 Å². The summed E-state index contributed by atoms with van der Waals surface area (Å²) in [6.07, 6.45) is 5.97. The van der Waals surface area contributed by atoms with Crippen molar-refractivity contribution in [3.8, 4) is 11.5 Å². The third kappa shape index (κ3) is 8.36. The molecule has 1 atom stereocenters. The number of nitrogens with one attached hydrogen (secondary N) is 1. The molecule has 206 valence electrons. The third-order valence-corrected chi connectivity index (χ3v) is 6.19. The highest BCUT2D eigenvalue weighted by atomic mass is 16.5. The Bertz CT molecular complexity index is 1230. The molecule has 1 heterocycles. The lowest BCUT2D eigenvalue weighted by atomic mass is 9.99. The van der Waals surface area contributed by atoms with Crippen LogP contribution in [0.4, 0.5) is 0 Å². The van der Waals surface area contributed by atoms with Crippen molar-refractivity contribution < 1.29 is 19.4 Å². The predicted molar refractivity (Wildman–Crippen MR) is 154 cm³/mol. The highest BCUT2D eigenvalue weighted by Gasteiger charge is 2.16. The molecule has 0 aliphatic heterocycles. The van der Waals surface area contributed by atoms with E-state index in [1.54, 1.807) is 0 Å². The molecule has 7 heteroatoms. The number of aliphatic hydroxyl groups excluding tert-OH is 1. The van der Waals surface area contributed by atoms with Gasteiger partial charge in [0, 0.05) is 37.3 Å². The summed E-state index contributed by atoms with van der Waals surface area (Å²) in [6, 6.07) is 12.2. The quantitative estimate of drug-likeness (QED) is 0.196. The van der Waals surface area contributed by atoms with Gasteiger partial charge in [0.15, 0.2) is 11.5 Å². The molecule has 7 nitrogen and oxygen atoms in total. The molecule has 0 saturated carbocycles. The number of carbonyl (C=O) groups is 1. The fourth-order valence-electron chi connectivity index (χ4n) is 4.41. The van der Waals surface area contributed by atoms with E-state index in [4.69, 9.17) is 15.2 Å².